The number of alkyl halides is 3. The van der Waals surface area contributed by atoms with Gasteiger partial charge in [-0.15, -0.1) is 0 Å². The summed E-state index contributed by atoms with van der Waals surface area (Å²) < 4.78 is 38.9. The highest BCUT2D eigenvalue weighted by molar-refractivity contribution is 7.16. The van der Waals surface area contributed by atoms with Crippen molar-refractivity contribution >= 4 is 39.7 Å². The summed E-state index contributed by atoms with van der Waals surface area (Å²) in [5.41, 5.74) is -1.80. The summed E-state index contributed by atoms with van der Waals surface area (Å²) in [7, 11) is 0. The van der Waals surface area contributed by atoms with Crippen molar-refractivity contribution in [3.05, 3.63) is 21.9 Å². The minimum absolute atomic E-state index is 0.0594. The largest absolute Gasteiger partial charge is 0.421 e. The topological polar surface area (TPSA) is 86.5 Å². The summed E-state index contributed by atoms with van der Waals surface area (Å²) in [5.74, 6) is -0.387. The van der Waals surface area contributed by atoms with Crippen LogP contribution in [0.25, 0.3) is 0 Å². The van der Waals surface area contributed by atoms with Crippen LogP contribution in [0.2, 0.25) is 5.15 Å². The number of anilines is 3. The first kappa shape index (κ1) is 19.2. The zero-order valence-corrected chi connectivity index (χ0v) is 15.1. The molecule has 134 valence electrons. The molecule has 0 amide bonds. The van der Waals surface area contributed by atoms with Gasteiger partial charge in [-0.25, -0.2) is 9.97 Å². The number of nitriles is 1. The van der Waals surface area contributed by atoms with Gasteiger partial charge < -0.3 is 10.6 Å². The molecule has 0 saturated heterocycles. The van der Waals surface area contributed by atoms with E-state index < -0.39 is 17.2 Å². The summed E-state index contributed by atoms with van der Waals surface area (Å²) in [6.07, 6.45) is -3.87. The van der Waals surface area contributed by atoms with E-state index in [-0.39, 0.29) is 23.5 Å². The van der Waals surface area contributed by atoms with E-state index in [1.807, 2.05) is 0 Å². The van der Waals surface area contributed by atoms with Crippen LogP contribution in [-0.2, 0) is 11.6 Å². The van der Waals surface area contributed by atoms with E-state index in [4.69, 9.17) is 16.9 Å². The van der Waals surface area contributed by atoms with E-state index in [0.29, 0.717) is 16.2 Å². The number of rotatable bonds is 5. The quantitative estimate of drug-likeness (QED) is 0.777. The molecule has 2 rings (SSSR count). The van der Waals surface area contributed by atoms with Crippen LogP contribution in [0.15, 0.2) is 6.20 Å². The van der Waals surface area contributed by atoms with Crippen LogP contribution in [0.4, 0.5) is 29.9 Å². The molecule has 25 heavy (non-hydrogen) atoms. The van der Waals surface area contributed by atoms with Crippen LogP contribution >= 0.6 is 22.9 Å². The zero-order chi connectivity index (χ0) is 18.8. The Balaban J connectivity index is 2.36. The number of thiazole rings is 1. The molecular weight excluding hydrogens is 377 g/mol. The number of nitrogens with zero attached hydrogens (tertiary/aromatic N) is 4. The van der Waals surface area contributed by atoms with Gasteiger partial charge in [-0.3, -0.25) is 0 Å². The second kappa shape index (κ2) is 7.01. The average Bonchev–Trinajstić information content (AvgIpc) is 2.88. The summed E-state index contributed by atoms with van der Waals surface area (Å²) in [6, 6.07) is 2.11. The zero-order valence-electron chi connectivity index (χ0n) is 13.5. The number of aromatic nitrogens is 3. The predicted molar refractivity (Wildman–Crippen MR) is 90.2 cm³/mol. The van der Waals surface area contributed by atoms with Crippen molar-refractivity contribution in [2.45, 2.75) is 32.4 Å². The van der Waals surface area contributed by atoms with Crippen LogP contribution in [0, 0.1) is 11.3 Å². The van der Waals surface area contributed by atoms with Crippen LogP contribution in [0.5, 0.6) is 0 Å². The standard InChI is InChI=1S/C14H14ClF3N6S/c1-4-20-9-7(14(16,17)18)5-21-12(23-9)24-10-8(15)22-11(25-10)13(2,3)6-19/h5H,4H2,1-3H3,(H2,20,21,23,24). The lowest BCUT2D eigenvalue weighted by molar-refractivity contribution is -0.137. The Kier molecular flexibility index (Phi) is 5.39. The molecule has 0 fully saturated rings. The van der Waals surface area contributed by atoms with Crippen LogP contribution < -0.4 is 10.6 Å². The fraction of sp³-hybridized carbons (Fsp3) is 0.429. The highest BCUT2D eigenvalue weighted by atomic mass is 35.5. The number of hydrogen-bond donors (Lipinski definition) is 2. The molecule has 0 atom stereocenters. The SMILES string of the molecule is CCNc1nc(Nc2sc(C(C)(C)C#N)nc2Cl)ncc1C(F)(F)F. The van der Waals surface area contributed by atoms with Gasteiger partial charge in [0.1, 0.15) is 26.8 Å². The third-order valence-corrected chi connectivity index (χ3v) is 4.74. The van der Waals surface area contributed by atoms with Crippen molar-refractivity contribution in [3.8, 4) is 6.07 Å². The van der Waals surface area contributed by atoms with Gasteiger partial charge in [0.25, 0.3) is 0 Å². The molecule has 11 heteroatoms. The second-order valence-corrected chi connectivity index (χ2v) is 6.84. The molecule has 0 aliphatic heterocycles. The molecule has 2 aromatic heterocycles. The minimum atomic E-state index is -4.57. The predicted octanol–water partition coefficient (Wildman–Crippen LogP) is 4.58. The van der Waals surface area contributed by atoms with Crippen molar-refractivity contribution in [1.29, 1.82) is 5.26 Å². The lowest BCUT2D eigenvalue weighted by Crippen LogP contribution is -2.14. The van der Waals surface area contributed by atoms with Crippen molar-refractivity contribution in [3.63, 3.8) is 0 Å². The highest BCUT2D eigenvalue weighted by Gasteiger charge is 2.35. The molecule has 0 aliphatic carbocycles. The average molecular weight is 391 g/mol. The molecule has 0 radical (unpaired) electrons. The first-order valence-corrected chi connectivity index (χ1v) is 8.31. The molecule has 0 spiro atoms. The molecule has 0 bridgehead atoms. The third-order valence-electron chi connectivity index (χ3n) is 3.06. The smallest absolute Gasteiger partial charge is 0.370 e. The Morgan fingerprint density at radius 2 is 2.00 bits per heavy atom. The Morgan fingerprint density at radius 3 is 2.56 bits per heavy atom. The summed E-state index contributed by atoms with van der Waals surface area (Å²) >= 11 is 7.15. The maximum atomic E-state index is 13.0. The van der Waals surface area contributed by atoms with Gasteiger partial charge in [0.15, 0.2) is 5.15 Å². The molecule has 0 unspecified atom stereocenters. The Hall–Kier alpha value is -2.12. The fourth-order valence-corrected chi connectivity index (χ4v) is 2.95. The van der Waals surface area contributed by atoms with E-state index in [9.17, 15) is 13.2 Å². The molecule has 2 aromatic rings. The van der Waals surface area contributed by atoms with Gasteiger partial charge in [-0.05, 0) is 20.8 Å². The van der Waals surface area contributed by atoms with E-state index in [2.05, 4.69) is 31.7 Å². The normalized spacial score (nSPS) is 11.9. The van der Waals surface area contributed by atoms with Gasteiger partial charge in [0.2, 0.25) is 5.95 Å². The van der Waals surface area contributed by atoms with Gasteiger partial charge in [-0.2, -0.15) is 23.4 Å². The van der Waals surface area contributed by atoms with E-state index in [1.165, 1.54) is 0 Å². The second-order valence-electron chi connectivity index (χ2n) is 5.48. The van der Waals surface area contributed by atoms with Crippen molar-refractivity contribution in [2.24, 2.45) is 0 Å². The van der Waals surface area contributed by atoms with Crippen molar-refractivity contribution in [2.75, 3.05) is 17.2 Å². The molecule has 0 aromatic carbocycles. The lowest BCUT2D eigenvalue weighted by Gasteiger charge is -2.13. The van der Waals surface area contributed by atoms with E-state index in [1.54, 1.807) is 20.8 Å². The first-order valence-electron chi connectivity index (χ1n) is 7.11. The van der Waals surface area contributed by atoms with Gasteiger partial charge in [0.05, 0.1) is 6.07 Å². The number of halogens is 4. The molecule has 6 nitrogen and oxygen atoms in total. The van der Waals surface area contributed by atoms with Crippen LogP contribution in [0.3, 0.4) is 0 Å². The molecule has 0 saturated carbocycles. The van der Waals surface area contributed by atoms with Gasteiger partial charge in [0, 0.05) is 12.7 Å². The maximum absolute atomic E-state index is 13.0. The lowest BCUT2D eigenvalue weighted by atomic mass is 9.97. The highest BCUT2D eigenvalue weighted by Crippen LogP contribution is 2.38. The molecular formula is C14H14ClF3N6S. The van der Waals surface area contributed by atoms with E-state index >= 15 is 0 Å². The van der Waals surface area contributed by atoms with E-state index in [0.717, 1.165) is 11.3 Å². The first-order chi connectivity index (χ1) is 11.6. The summed E-state index contributed by atoms with van der Waals surface area (Å²) in [6.45, 7) is 5.29. The maximum Gasteiger partial charge on any atom is 0.421 e. The van der Waals surface area contributed by atoms with Crippen LogP contribution in [-0.4, -0.2) is 21.5 Å². The van der Waals surface area contributed by atoms with Gasteiger partial charge >= 0.3 is 6.18 Å². The Labute approximate surface area is 151 Å². The van der Waals surface area contributed by atoms with Gasteiger partial charge in [-0.1, -0.05) is 22.9 Å². The fourth-order valence-electron chi connectivity index (χ4n) is 1.75. The Bertz CT molecular complexity index is 812. The minimum Gasteiger partial charge on any atom is -0.370 e. The summed E-state index contributed by atoms with van der Waals surface area (Å²) in [5, 5.41) is 15.4. The van der Waals surface area contributed by atoms with Crippen molar-refractivity contribution < 1.29 is 13.2 Å². The van der Waals surface area contributed by atoms with Crippen molar-refractivity contribution in [1.82, 2.24) is 15.0 Å². The molecule has 0 aliphatic rings. The monoisotopic (exact) mass is 390 g/mol. The Morgan fingerprint density at radius 1 is 1.32 bits per heavy atom. The summed E-state index contributed by atoms with van der Waals surface area (Å²) in [4.78, 5) is 11.7. The number of nitrogens with one attached hydrogen (secondary N) is 2. The molecule has 2 N–H and O–H groups in total. The molecule has 2 heterocycles. The third kappa shape index (κ3) is 4.29. The number of hydrogen-bond acceptors (Lipinski definition) is 7. The van der Waals surface area contributed by atoms with Crippen LogP contribution in [0.1, 0.15) is 31.3 Å².